The van der Waals surface area contributed by atoms with Crippen molar-refractivity contribution in [2.75, 3.05) is 11.9 Å². The van der Waals surface area contributed by atoms with Crippen LogP contribution in [0.5, 0.6) is 0 Å². The van der Waals surface area contributed by atoms with Crippen LogP contribution in [0.2, 0.25) is 0 Å². The predicted octanol–water partition coefficient (Wildman–Crippen LogP) is 2.58. The van der Waals surface area contributed by atoms with Crippen LogP contribution in [-0.4, -0.2) is 27.9 Å². The van der Waals surface area contributed by atoms with E-state index in [9.17, 15) is 9.90 Å². The van der Waals surface area contributed by atoms with Crippen molar-refractivity contribution in [3.63, 3.8) is 0 Å². The van der Waals surface area contributed by atoms with Gasteiger partial charge in [-0.05, 0) is 24.8 Å². The van der Waals surface area contributed by atoms with Crippen LogP contribution in [0, 0.1) is 0 Å². The van der Waals surface area contributed by atoms with Gasteiger partial charge in [-0.2, -0.15) is 0 Å². The SMILES string of the molecule is CCCc1nnc(NC(=O)NC[C@](C)(O)c2cccs2)s1. The van der Waals surface area contributed by atoms with Gasteiger partial charge in [-0.3, -0.25) is 5.32 Å². The van der Waals surface area contributed by atoms with E-state index in [4.69, 9.17) is 0 Å². The van der Waals surface area contributed by atoms with E-state index in [1.807, 2.05) is 17.5 Å². The number of aromatic nitrogens is 2. The Labute approximate surface area is 131 Å². The van der Waals surface area contributed by atoms with Crippen molar-refractivity contribution in [1.29, 1.82) is 0 Å². The first-order valence-electron chi connectivity index (χ1n) is 6.65. The minimum atomic E-state index is -1.08. The molecule has 2 heterocycles. The van der Waals surface area contributed by atoms with Crippen LogP contribution >= 0.6 is 22.7 Å². The molecule has 0 fully saturated rings. The molecule has 0 aromatic carbocycles. The molecule has 2 rings (SSSR count). The summed E-state index contributed by atoms with van der Waals surface area (Å²) in [5.74, 6) is 0. The lowest BCUT2D eigenvalue weighted by molar-refractivity contribution is 0.0637. The summed E-state index contributed by atoms with van der Waals surface area (Å²) in [7, 11) is 0. The van der Waals surface area contributed by atoms with Crippen LogP contribution in [0.1, 0.15) is 30.2 Å². The molecule has 1 atom stereocenters. The number of rotatable bonds is 6. The number of anilines is 1. The highest BCUT2D eigenvalue weighted by atomic mass is 32.1. The van der Waals surface area contributed by atoms with Gasteiger partial charge in [0, 0.05) is 11.3 Å². The normalized spacial score (nSPS) is 13.7. The van der Waals surface area contributed by atoms with Gasteiger partial charge >= 0.3 is 6.03 Å². The monoisotopic (exact) mass is 326 g/mol. The summed E-state index contributed by atoms with van der Waals surface area (Å²) in [6, 6.07) is 3.31. The first-order valence-corrected chi connectivity index (χ1v) is 8.34. The van der Waals surface area contributed by atoms with E-state index in [2.05, 4.69) is 27.8 Å². The quantitative estimate of drug-likeness (QED) is 0.761. The van der Waals surface area contributed by atoms with E-state index in [0.717, 1.165) is 22.7 Å². The van der Waals surface area contributed by atoms with E-state index in [0.29, 0.717) is 5.13 Å². The molecule has 0 aliphatic rings. The second-order valence-corrected chi connectivity index (χ2v) is 6.82. The molecule has 3 N–H and O–H groups in total. The number of hydrogen-bond donors (Lipinski definition) is 3. The maximum atomic E-state index is 11.8. The second-order valence-electron chi connectivity index (χ2n) is 4.81. The van der Waals surface area contributed by atoms with Gasteiger partial charge in [0.05, 0.1) is 6.54 Å². The molecule has 0 unspecified atom stereocenters. The summed E-state index contributed by atoms with van der Waals surface area (Å²) >= 11 is 2.81. The minimum absolute atomic E-state index is 0.125. The molecular weight excluding hydrogens is 308 g/mol. The fraction of sp³-hybridized carbons (Fsp3) is 0.462. The maximum absolute atomic E-state index is 11.8. The molecule has 0 saturated heterocycles. The highest BCUT2D eigenvalue weighted by Gasteiger charge is 2.25. The predicted molar refractivity (Wildman–Crippen MR) is 84.8 cm³/mol. The standard InChI is InChI=1S/C13H18N4O2S2/c1-3-5-10-16-17-12(21-10)15-11(18)14-8-13(2,19)9-6-4-7-20-9/h4,6-7,19H,3,5,8H2,1-2H3,(H2,14,15,17,18)/t13-/m0/s1. The zero-order valence-corrected chi connectivity index (χ0v) is 13.6. The van der Waals surface area contributed by atoms with Gasteiger partial charge in [0.2, 0.25) is 5.13 Å². The molecule has 0 spiro atoms. The van der Waals surface area contributed by atoms with Crippen LogP contribution in [0.4, 0.5) is 9.93 Å². The molecule has 114 valence electrons. The van der Waals surface area contributed by atoms with Gasteiger partial charge in [0.15, 0.2) is 0 Å². The highest BCUT2D eigenvalue weighted by Crippen LogP contribution is 2.24. The number of nitrogens with one attached hydrogen (secondary N) is 2. The number of nitrogens with zero attached hydrogens (tertiary/aromatic N) is 2. The Morgan fingerprint density at radius 3 is 2.95 bits per heavy atom. The Morgan fingerprint density at radius 2 is 2.29 bits per heavy atom. The molecule has 8 heteroatoms. The third-order valence-electron chi connectivity index (χ3n) is 2.80. The summed E-state index contributed by atoms with van der Waals surface area (Å²) in [6.07, 6.45) is 1.85. The number of hydrogen-bond acceptors (Lipinski definition) is 6. The summed E-state index contributed by atoms with van der Waals surface area (Å²) in [4.78, 5) is 12.6. The summed E-state index contributed by atoms with van der Waals surface area (Å²) in [5.41, 5.74) is -1.08. The number of urea groups is 1. The average molecular weight is 326 g/mol. The van der Waals surface area contributed by atoms with Crippen molar-refractivity contribution >= 4 is 33.8 Å². The maximum Gasteiger partial charge on any atom is 0.321 e. The number of aliphatic hydroxyl groups is 1. The molecule has 6 nitrogen and oxygen atoms in total. The topological polar surface area (TPSA) is 87.1 Å². The smallest absolute Gasteiger partial charge is 0.321 e. The molecule has 2 aromatic rings. The van der Waals surface area contributed by atoms with Crippen molar-refractivity contribution in [2.45, 2.75) is 32.3 Å². The number of amides is 2. The molecule has 21 heavy (non-hydrogen) atoms. The Balaban J connectivity index is 1.84. The molecule has 2 amide bonds. The van der Waals surface area contributed by atoms with Gasteiger partial charge < -0.3 is 10.4 Å². The second kappa shape index (κ2) is 6.97. The van der Waals surface area contributed by atoms with Crippen molar-refractivity contribution in [3.8, 4) is 0 Å². The summed E-state index contributed by atoms with van der Waals surface area (Å²) < 4.78 is 0. The molecule has 0 aliphatic carbocycles. The Bertz CT molecular complexity index is 581. The lowest BCUT2D eigenvalue weighted by atomic mass is 10.1. The largest absolute Gasteiger partial charge is 0.383 e. The van der Waals surface area contributed by atoms with Crippen molar-refractivity contribution in [2.24, 2.45) is 0 Å². The minimum Gasteiger partial charge on any atom is -0.383 e. The number of aryl methyl sites for hydroxylation is 1. The van der Waals surface area contributed by atoms with Gasteiger partial charge in [-0.25, -0.2) is 4.79 Å². The highest BCUT2D eigenvalue weighted by molar-refractivity contribution is 7.15. The van der Waals surface area contributed by atoms with Gasteiger partial charge in [-0.15, -0.1) is 21.5 Å². The third-order valence-corrected chi connectivity index (χ3v) is 4.82. The van der Waals surface area contributed by atoms with Crippen LogP contribution < -0.4 is 10.6 Å². The lowest BCUT2D eigenvalue weighted by Crippen LogP contribution is -2.40. The van der Waals surface area contributed by atoms with Crippen molar-refractivity contribution < 1.29 is 9.90 Å². The third kappa shape index (κ3) is 4.48. The van der Waals surface area contributed by atoms with Crippen molar-refractivity contribution in [3.05, 3.63) is 27.4 Å². The van der Waals surface area contributed by atoms with E-state index >= 15 is 0 Å². The molecular formula is C13H18N4O2S2. The Morgan fingerprint density at radius 1 is 1.48 bits per heavy atom. The number of thiophene rings is 1. The van der Waals surface area contributed by atoms with E-state index in [1.165, 1.54) is 22.7 Å². The Hall–Kier alpha value is -1.51. The van der Waals surface area contributed by atoms with Crippen LogP contribution in [0.3, 0.4) is 0 Å². The molecule has 2 aromatic heterocycles. The van der Waals surface area contributed by atoms with Crippen LogP contribution in [-0.2, 0) is 12.0 Å². The average Bonchev–Trinajstić information content (AvgIpc) is 3.09. The fourth-order valence-electron chi connectivity index (χ4n) is 1.68. The van der Waals surface area contributed by atoms with Gasteiger partial charge in [0.25, 0.3) is 0 Å². The molecule has 0 bridgehead atoms. The zero-order chi connectivity index (χ0) is 15.3. The Kier molecular flexibility index (Phi) is 5.27. The fourth-order valence-corrected chi connectivity index (χ4v) is 3.31. The van der Waals surface area contributed by atoms with Crippen LogP contribution in [0.25, 0.3) is 0 Å². The van der Waals surface area contributed by atoms with Gasteiger partial charge in [-0.1, -0.05) is 24.3 Å². The van der Waals surface area contributed by atoms with Crippen LogP contribution in [0.15, 0.2) is 17.5 Å². The number of carbonyl (C=O) groups is 1. The lowest BCUT2D eigenvalue weighted by Gasteiger charge is -2.22. The zero-order valence-electron chi connectivity index (χ0n) is 11.9. The molecule has 0 aliphatic heterocycles. The van der Waals surface area contributed by atoms with Gasteiger partial charge in [0.1, 0.15) is 10.6 Å². The first kappa shape index (κ1) is 15.9. The first-order chi connectivity index (χ1) is 10.0. The summed E-state index contributed by atoms with van der Waals surface area (Å²) in [5, 5.41) is 26.7. The number of carbonyl (C=O) groups excluding carboxylic acids is 1. The molecule has 0 radical (unpaired) electrons. The summed E-state index contributed by atoms with van der Waals surface area (Å²) in [6.45, 7) is 3.86. The molecule has 0 saturated carbocycles. The van der Waals surface area contributed by atoms with E-state index in [1.54, 1.807) is 6.92 Å². The van der Waals surface area contributed by atoms with Crippen molar-refractivity contribution in [1.82, 2.24) is 15.5 Å². The van der Waals surface area contributed by atoms with E-state index in [-0.39, 0.29) is 6.54 Å². The van der Waals surface area contributed by atoms with E-state index < -0.39 is 11.6 Å².